The number of halogens is 1. The third-order valence-electron chi connectivity index (χ3n) is 2.96. The molecule has 112 valence electrons. The minimum absolute atomic E-state index is 0.0884. The van der Waals surface area contributed by atoms with Gasteiger partial charge in [-0.25, -0.2) is 9.37 Å². The summed E-state index contributed by atoms with van der Waals surface area (Å²) in [6.07, 6.45) is 0. The van der Waals surface area contributed by atoms with Crippen LogP contribution in [0, 0.1) is 5.82 Å². The number of nitrogens with zero attached hydrogens (tertiary/aromatic N) is 1. The lowest BCUT2D eigenvalue weighted by Crippen LogP contribution is -2.08. The number of hydrogen-bond acceptors (Lipinski definition) is 4. The van der Waals surface area contributed by atoms with Crippen LogP contribution in [0.4, 0.5) is 10.1 Å². The number of ether oxygens (including phenoxy) is 1. The summed E-state index contributed by atoms with van der Waals surface area (Å²) in [4.78, 5) is 15.5. The summed E-state index contributed by atoms with van der Waals surface area (Å²) in [5, 5.41) is 3.20. The molecule has 0 unspecified atom stereocenters. The molecule has 0 aliphatic rings. The smallest absolute Gasteiger partial charge is 0.221 e. The van der Waals surface area contributed by atoms with E-state index in [2.05, 4.69) is 10.3 Å². The third-order valence-corrected chi connectivity index (χ3v) is 3.97. The summed E-state index contributed by atoms with van der Waals surface area (Å²) < 4.78 is 20.7. The Morgan fingerprint density at radius 1 is 1.27 bits per heavy atom. The van der Waals surface area contributed by atoms with Crippen molar-refractivity contribution in [1.82, 2.24) is 4.98 Å². The van der Waals surface area contributed by atoms with Crippen LogP contribution < -0.4 is 10.1 Å². The Labute approximate surface area is 130 Å². The first-order valence-corrected chi connectivity index (χ1v) is 7.48. The van der Waals surface area contributed by atoms with Gasteiger partial charge >= 0.3 is 0 Å². The average Bonchev–Trinajstić information content (AvgIpc) is 2.90. The number of carbonyl (C=O) groups is 1. The predicted octanol–water partition coefficient (Wildman–Crippen LogP) is 3.97. The molecular weight excluding hydrogens is 303 g/mol. The van der Waals surface area contributed by atoms with Crippen LogP contribution in [-0.2, 0) is 11.4 Å². The van der Waals surface area contributed by atoms with Crippen LogP contribution in [0.2, 0.25) is 0 Å². The summed E-state index contributed by atoms with van der Waals surface area (Å²) in [5.41, 5.74) is 1.01. The highest BCUT2D eigenvalue weighted by atomic mass is 32.1. The second-order valence-electron chi connectivity index (χ2n) is 4.66. The molecule has 0 bridgehead atoms. The molecule has 1 N–H and O–H groups in total. The van der Waals surface area contributed by atoms with Crippen LogP contribution in [-0.4, -0.2) is 10.9 Å². The van der Waals surface area contributed by atoms with Crippen LogP contribution in [0.25, 0.3) is 10.2 Å². The van der Waals surface area contributed by atoms with Crippen molar-refractivity contribution in [2.75, 3.05) is 5.32 Å². The molecule has 0 saturated carbocycles. The zero-order chi connectivity index (χ0) is 15.5. The fraction of sp³-hybridized carbons (Fsp3) is 0.125. The van der Waals surface area contributed by atoms with Crippen LogP contribution >= 0.6 is 11.3 Å². The van der Waals surface area contributed by atoms with E-state index in [9.17, 15) is 9.18 Å². The van der Waals surface area contributed by atoms with Gasteiger partial charge in [-0.15, -0.1) is 11.3 Å². The van der Waals surface area contributed by atoms with Crippen molar-refractivity contribution in [2.24, 2.45) is 0 Å². The van der Waals surface area contributed by atoms with Crippen molar-refractivity contribution < 1.29 is 13.9 Å². The first-order valence-electron chi connectivity index (χ1n) is 6.67. The van der Waals surface area contributed by atoms with Crippen molar-refractivity contribution >= 4 is 33.1 Å². The van der Waals surface area contributed by atoms with Crippen molar-refractivity contribution in [2.45, 2.75) is 13.5 Å². The van der Waals surface area contributed by atoms with Gasteiger partial charge in [-0.05, 0) is 24.3 Å². The van der Waals surface area contributed by atoms with E-state index in [1.165, 1.54) is 30.4 Å². The number of thiazole rings is 1. The van der Waals surface area contributed by atoms with Gasteiger partial charge in [0.25, 0.3) is 0 Å². The zero-order valence-corrected chi connectivity index (χ0v) is 12.6. The molecule has 0 radical (unpaired) electrons. The number of carbonyl (C=O) groups excluding carboxylic acids is 1. The highest BCUT2D eigenvalue weighted by molar-refractivity contribution is 7.18. The molecule has 0 aliphatic heterocycles. The van der Waals surface area contributed by atoms with Crippen molar-refractivity contribution in [3.63, 3.8) is 0 Å². The summed E-state index contributed by atoms with van der Waals surface area (Å²) in [5.74, 6) is -0.827. The zero-order valence-electron chi connectivity index (χ0n) is 11.8. The SMILES string of the molecule is CC(=O)Nc1cccc(OCc2nc3ccccc3s2)c1F. The lowest BCUT2D eigenvalue weighted by Gasteiger charge is -2.09. The molecule has 1 amide bonds. The number of aromatic nitrogens is 1. The summed E-state index contributed by atoms with van der Waals surface area (Å²) in [7, 11) is 0. The first-order chi connectivity index (χ1) is 10.6. The normalized spacial score (nSPS) is 10.6. The van der Waals surface area contributed by atoms with E-state index in [1.54, 1.807) is 6.07 Å². The van der Waals surface area contributed by atoms with E-state index in [1.807, 2.05) is 24.3 Å². The average molecular weight is 316 g/mol. The molecule has 0 fully saturated rings. The maximum atomic E-state index is 14.2. The molecule has 1 aromatic heterocycles. The van der Waals surface area contributed by atoms with Crippen LogP contribution in [0.5, 0.6) is 5.75 Å². The van der Waals surface area contributed by atoms with Gasteiger partial charge in [-0.3, -0.25) is 4.79 Å². The number of anilines is 1. The maximum absolute atomic E-state index is 14.2. The fourth-order valence-corrected chi connectivity index (χ4v) is 2.91. The molecule has 0 spiro atoms. The van der Waals surface area contributed by atoms with Gasteiger partial charge < -0.3 is 10.1 Å². The molecule has 3 aromatic rings. The Balaban J connectivity index is 1.77. The van der Waals surface area contributed by atoms with Crippen LogP contribution in [0.1, 0.15) is 11.9 Å². The third kappa shape index (κ3) is 3.07. The van der Waals surface area contributed by atoms with Gasteiger partial charge in [0.05, 0.1) is 15.9 Å². The largest absolute Gasteiger partial charge is 0.483 e. The molecule has 0 saturated heterocycles. The first kappa shape index (κ1) is 14.5. The summed E-state index contributed by atoms with van der Waals surface area (Å²) in [6.45, 7) is 1.51. The number of amides is 1. The van der Waals surface area contributed by atoms with Gasteiger partial charge in [0.2, 0.25) is 5.91 Å². The lowest BCUT2D eigenvalue weighted by molar-refractivity contribution is -0.114. The van der Waals surface area contributed by atoms with Gasteiger partial charge in [0, 0.05) is 6.92 Å². The topological polar surface area (TPSA) is 51.2 Å². The molecule has 22 heavy (non-hydrogen) atoms. The number of nitrogens with one attached hydrogen (secondary N) is 1. The van der Waals surface area contributed by atoms with E-state index in [0.717, 1.165) is 15.2 Å². The monoisotopic (exact) mass is 316 g/mol. The predicted molar refractivity (Wildman–Crippen MR) is 84.7 cm³/mol. The summed E-state index contributed by atoms with van der Waals surface area (Å²) in [6, 6.07) is 12.4. The second kappa shape index (κ2) is 6.11. The molecule has 0 aliphatic carbocycles. The number of para-hydroxylation sites is 1. The van der Waals surface area contributed by atoms with Crippen molar-refractivity contribution in [3.8, 4) is 5.75 Å². The standard InChI is InChI=1S/C16H13FN2O2S/c1-10(20)18-12-6-4-7-13(16(12)17)21-9-15-19-11-5-2-3-8-14(11)22-15/h2-8H,9H2,1H3,(H,18,20). The Morgan fingerprint density at radius 2 is 2.09 bits per heavy atom. The molecular formula is C16H13FN2O2S. The molecule has 6 heteroatoms. The van der Waals surface area contributed by atoms with Gasteiger partial charge in [-0.2, -0.15) is 0 Å². The lowest BCUT2D eigenvalue weighted by atomic mass is 10.3. The Kier molecular flexibility index (Phi) is 4.02. The minimum Gasteiger partial charge on any atom is -0.483 e. The Hall–Kier alpha value is -2.47. The highest BCUT2D eigenvalue weighted by Gasteiger charge is 2.11. The van der Waals surface area contributed by atoms with E-state index in [0.29, 0.717) is 0 Å². The number of fused-ring (bicyclic) bond motifs is 1. The van der Waals surface area contributed by atoms with Gasteiger partial charge in [-0.1, -0.05) is 18.2 Å². The van der Waals surface area contributed by atoms with Crippen LogP contribution in [0.15, 0.2) is 42.5 Å². The minimum atomic E-state index is -0.584. The fourth-order valence-electron chi connectivity index (χ4n) is 2.03. The van der Waals surface area contributed by atoms with Gasteiger partial charge in [0.15, 0.2) is 11.6 Å². The molecule has 1 heterocycles. The second-order valence-corrected chi connectivity index (χ2v) is 5.78. The maximum Gasteiger partial charge on any atom is 0.221 e. The number of hydrogen-bond donors (Lipinski definition) is 1. The Bertz CT molecular complexity index is 799. The quantitative estimate of drug-likeness (QED) is 0.792. The van der Waals surface area contributed by atoms with E-state index in [-0.39, 0.29) is 24.0 Å². The molecule has 0 atom stereocenters. The Morgan fingerprint density at radius 3 is 2.86 bits per heavy atom. The van der Waals surface area contributed by atoms with Crippen molar-refractivity contribution in [1.29, 1.82) is 0 Å². The summed E-state index contributed by atoms with van der Waals surface area (Å²) >= 11 is 1.51. The van der Waals surface area contributed by atoms with E-state index < -0.39 is 5.82 Å². The van der Waals surface area contributed by atoms with Crippen LogP contribution in [0.3, 0.4) is 0 Å². The van der Waals surface area contributed by atoms with Gasteiger partial charge in [0.1, 0.15) is 11.6 Å². The highest BCUT2D eigenvalue weighted by Crippen LogP contribution is 2.27. The number of rotatable bonds is 4. The van der Waals surface area contributed by atoms with Crippen molar-refractivity contribution in [3.05, 3.63) is 53.3 Å². The van der Waals surface area contributed by atoms with E-state index >= 15 is 0 Å². The molecule has 3 rings (SSSR count). The number of benzene rings is 2. The van der Waals surface area contributed by atoms with E-state index in [4.69, 9.17) is 4.74 Å². The molecule has 2 aromatic carbocycles. The molecule has 4 nitrogen and oxygen atoms in total.